The van der Waals surface area contributed by atoms with Crippen LogP contribution in [0, 0.1) is 10.8 Å². The van der Waals surface area contributed by atoms with Gasteiger partial charge in [0.15, 0.2) is 11.5 Å². The molecule has 2 atom stereocenters. The lowest BCUT2D eigenvalue weighted by molar-refractivity contribution is 0.0802. The number of amides is 1. The number of carbonyl (C=O) groups excluding carboxylic acids is 1. The van der Waals surface area contributed by atoms with Crippen LogP contribution < -0.4 is 15.2 Å². The van der Waals surface area contributed by atoms with E-state index >= 15 is 0 Å². The van der Waals surface area contributed by atoms with Crippen molar-refractivity contribution < 1.29 is 48.4 Å². The van der Waals surface area contributed by atoms with E-state index < -0.39 is 57.2 Å². The van der Waals surface area contributed by atoms with Crippen molar-refractivity contribution in [1.29, 1.82) is 0 Å². The smallest absolute Gasteiger partial charge is 0.298 e. The van der Waals surface area contributed by atoms with E-state index in [9.17, 15) is 43.7 Å². The minimum Gasteiger partial charge on any atom is -0.453 e. The Morgan fingerprint density at radius 2 is 1.46 bits per heavy atom. The molecule has 3 N–H and O–H groups in total. The average molecular weight is 774 g/mol. The van der Waals surface area contributed by atoms with Gasteiger partial charge in [0.1, 0.15) is 9.79 Å². The standard InChI is InChI=1S/C37H43NO11S3/c1-20-16-36(3,4)18-28-24(20)14-26-30(22-10-8-9-11-23(22)35(39)38(7)12-13-50(40,41)42)27-15-25-21(2)17-37(5,6)19-29(25)34(52(46,47)48)32(27)49-31(26)33(28)51(43,44)45/h8-11,14-15,18,20-21H,12-13,16-17,19H2,1-7H3,(H,40,41,42)(H,43,44,45)(H,46,47,48). The fourth-order valence-corrected chi connectivity index (χ4v) is 10.7. The summed E-state index contributed by atoms with van der Waals surface area (Å²) >= 11 is 0. The first-order valence-corrected chi connectivity index (χ1v) is 21.4. The molecule has 6 rings (SSSR count). The second-order valence-electron chi connectivity index (χ2n) is 15.9. The van der Waals surface area contributed by atoms with Crippen LogP contribution in [0.15, 0.2) is 46.2 Å². The highest BCUT2D eigenvalue weighted by Crippen LogP contribution is 2.51. The van der Waals surface area contributed by atoms with Crippen LogP contribution in [0.25, 0.3) is 11.6 Å². The van der Waals surface area contributed by atoms with Crippen LogP contribution in [0.2, 0.25) is 0 Å². The number of rotatable bonds is 7. The van der Waals surface area contributed by atoms with Gasteiger partial charge in [-0.15, -0.1) is 0 Å². The largest absolute Gasteiger partial charge is 0.453 e. The van der Waals surface area contributed by atoms with Crippen LogP contribution in [0.3, 0.4) is 0 Å². The molecule has 0 aromatic heterocycles. The third-order valence-electron chi connectivity index (χ3n) is 10.3. The predicted molar refractivity (Wildman–Crippen MR) is 195 cm³/mol. The highest BCUT2D eigenvalue weighted by atomic mass is 32.2. The van der Waals surface area contributed by atoms with Crippen LogP contribution in [0.5, 0.6) is 11.5 Å². The third kappa shape index (κ3) is 6.94. The van der Waals surface area contributed by atoms with Gasteiger partial charge in [-0.25, -0.2) is 0 Å². The van der Waals surface area contributed by atoms with Gasteiger partial charge in [0, 0.05) is 35.5 Å². The van der Waals surface area contributed by atoms with Crippen molar-refractivity contribution in [3.63, 3.8) is 0 Å². The summed E-state index contributed by atoms with van der Waals surface area (Å²) < 4.78 is 114. The van der Waals surface area contributed by atoms with Gasteiger partial charge in [0.25, 0.3) is 36.3 Å². The summed E-state index contributed by atoms with van der Waals surface area (Å²) in [7, 11) is -13.1. The molecule has 1 amide bonds. The molecule has 2 aliphatic carbocycles. The molecular formula is C37H43NO11S3. The summed E-state index contributed by atoms with van der Waals surface area (Å²) in [6.07, 6.45) is 3.32. The van der Waals surface area contributed by atoms with Crippen molar-refractivity contribution >= 4 is 47.9 Å². The number of ether oxygens (including phenoxy) is 1. The zero-order valence-electron chi connectivity index (χ0n) is 30.0. The molecule has 0 radical (unpaired) electrons. The van der Waals surface area contributed by atoms with Crippen molar-refractivity contribution in [2.24, 2.45) is 10.8 Å². The summed E-state index contributed by atoms with van der Waals surface area (Å²) in [5, 5.41) is 0.382. The second kappa shape index (κ2) is 12.5. The Kier molecular flexibility index (Phi) is 9.16. The lowest BCUT2D eigenvalue weighted by atomic mass is 9.69. The number of nitrogens with zero attached hydrogens (tertiary/aromatic N) is 1. The maximum Gasteiger partial charge on any atom is 0.298 e. The minimum atomic E-state index is -5.06. The van der Waals surface area contributed by atoms with Crippen LogP contribution in [0.1, 0.15) is 104 Å². The van der Waals surface area contributed by atoms with Crippen molar-refractivity contribution in [2.45, 2.75) is 82.4 Å². The third-order valence-corrected chi connectivity index (χ3v) is 12.9. The zero-order valence-corrected chi connectivity index (χ0v) is 32.5. The van der Waals surface area contributed by atoms with Gasteiger partial charge in [0.05, 0.1) is 5.75 Å². The summed E-state index contributed by atoms with van der Waals surface area (Å²) in [4.78, 5) is 14.1. The van der Waals surface area contributed by atoms with Crippen molar-refractivity contribution in [3.05, 3.63) is 80.2 Å². The molecule has 2 unspecified atom stereocenters. The first-order chi connectivity index (χ1) is 23.8. The molecule has 1 heterocycles. The van der Waals surface area contributed by atoms with Gasteiger partial charge in [-0.3, -0.25) is 18.5 Å². The number of benzene rings is 3. The predicted octanol–water partition coefficient (Wildman–Crippen LogP) is 4.88. The Labute approximate surface area is 304 Å². The van der Waals surface area contributed by atoms with Crippen molar-refractivity contribution in [1.82, 2.24) is 4.90 Å². The van der Waals surface area contributed by atoms with Gasteiger partial charge in [-0.2, -0.15) is 25.3 Å². The fourth-order valence-electron chi connectivity index (χ4n) is 8.48. The molecule has 3 aromatic rings. The Morgan fingerprint density at radius 3 is 2.08 bits per heavy atom. The Bertz CT molecular complexity index is 2520. The Hall–Kier alpha value is -3.60. The fraction of sp³-hybridized carbons (Fsp3) is 0.432. The Morgan fingerprint density at radius 1 is 0.846 bits per heavy atom. The summed E-state index contributed by atoms with van der Waals surface area (Å²) in [5.41, 5.74) is 1.38. The molecule has 0 fully saturated rings. The van der Waals surface area contributed by atoms with Gasteiger partial charge < -0.3 is 9.64 Å². The van der Waals surface area contributed by atoms with E-state index in [1.165, 1.54) is 13.1 Å². The molecule has 3 aromatic carbocycles. The maximum absolute atomic E-state index is 14.0. The number of fused-ring (bicyclic) bond motifs is 4. The quantitative estimate of drug-likeness (QED) is 0.217. The molecule has 3 aliphatic rings. The minimum absolute atomic E-state index is 0.0568. The molecule has 0 spiro atoms. The highest BCUT2D eigenvalue weighted by Gasteiger charge is 2.41. The normalized spacial score (nSPS) is 20.4. The topological polar surface area (TPSA) is 193 Å². The molecule has 0 saturated carbocycles. The first-order valence-electron chi connectivity index (χ1n) is 16.9. The van der Waals surface area contributed by atoms with E-state index in [4.69, 9.17) is 4.74 Å². The monoisotopic (exact) mass is 773 g/mol. The van der Waals surface area contributed by atoms with E-state index in [1.54, 1.807) is 36.4 Å². The van der Waals surface area contributed by atoms with Crippen LogP contribution in [-0.2, 0) is 36.8 Å². The molecule has 15 heteroatoms. The average Bonchev–Trinajstić information content (AvgIpc) is 2.98. The Balaban J connectivity index is 1.83. The van der Waals surface area contributed by atoms with Gasteiger partial charge in [-0.1, -0.05) is 65.8 Å². The van der Waals surface area contributed by atoms with E-state index in [-0.39, 0.29) is 74.4 Å². The summed E-state index contributed by atoms with van der Waals surface area (Å²) in [6.45, 7) is 11.4. The second-order valence-corrected chi connectivity index (χ2v) is 20.2. The van der Waals surface area contributed by atoms with Gasteiger partial charge in [0.2, 0.25) is 0 Å². The molecule has 0 bridgehead atoms. The molecule has 52 heavy (non-hydrogen) atoms. The van der Waals surface area contributed by atoms with Crippen LogP contribution in [-0.4, -0.2) is 69.1 Å². The number of carbonyl (C=O) groups is 1. The first kappa shape index (κ1) is 38.1. The van der Waals surface area contributed by atoms with Crippen molar-refractivity contribution in [2.75, 3.05) is 19.3 Å². The molecule has 12 nitrogen and oxygen atoms in total. The maximum atomic E-state index is 14.0. The van der Waals surface area contributed by atoms with Gasteiger partial charge >= 0.3 is 0 Å². The highest BCUT2D eigenvalue weighted by molar-refractivity contribution is 7.86. The lowest BCUT2D eigenvalue weighted by Gasteiger charge is -2.38. The van der Waals surface area contributed by atoms with E-state index in [2.05, 4.69) is 0 Å². The summed E-state index contributed by atoms with van der Waals surface area (Å²) in [6, 6.07) is 9.84. The summed E-state index contributed by atoms with van der Waals surface area (Å²) in [5.74, 6) is -2.44. The van der Waals surface area contributed by atoms with E-state index in [0.29, 0.717) is 29.5 Å². The van der Waals surface area contributed by atoms with E-state index in [0.717, 1.165) is 4.90 Å². The lowest BCUT2D eigenvalue weighted by Crippen LogP contribution is -2.36. The van der Waals surface area contributed by atoms with Crippen LogP contribution >= 0.6 is 0 Å². The van der Waals surface area contributed by atoms with Crippen molar-refractivity contribution in [3.8, 4) is 11.5 Å². The molecule has 280 valence electrons. The molecular weight excluding hydrogens is 731 g/mol. The zero-order chi connectivity index (χ0) is 38.5. The SMILES string of the molecule is CC1CC(C)(C)Cc2c1cc1c(c2S(=O)(=O)O)Oc2c(S(=O)(=O)O)c3c(cc2=C1c1ccccc1C(=O)N(C)CCS(=O)(=O)O)C(C)CC(C)(C)C=3. The molecule has 1 aliphatic heterocycles. The molecule has 0 saturated heterocycles. The van der Waals surface area contributed by atoms with Crippen LogP contribution in [0.4, 0.5) is 0 Å². The van der Waals surface area contributed by atoms with Gasteiger partial charge in [-0.05, 0) is 87.6 Å². The van der Waals surface area contributed by atoms with E-state index in [1.807, 2.05) is 41.5 Å². The number of hydrogen-bond acceptors (Lipinski definition) is 8. The number of hydrogen-bond donors (Lipinski definition) is 3.